The van der Waals surface area contributed by atoms with Gasteiger partial charge in [-0.2, -0.15) is 0 Å². The maximum Gasteiger partial charge on any atom is 0.360 e. The summed E-state index contributed by atoms with van der Waals surface area (Å²) in [4.78, 5) is 25.5. The van der Waals surface area contributed by atoms with Crippen molar-refractivity contribution < 1.29 is 32.3 Å². The molecule has 0 aromatic carbocycles. The molecule has 1 fully saturated rings. The number of carbonyl (C=O) groups excluding carboxylic acids is 1. The van der Waals surface area contributed by atoms with Crippen LogP contribution in [0.2, 0.25) is 18.1 Å². The molecule has 10 nitrogen and oxygen atoms in total. The van der Waals surface area contributed by atoms with Gasteiger partial charge in [-0.15, -0.1) is 0 Å². The Morgan fingerprint density at radius 1 is 1.06 bits per heavy atom. The number of carbonyl (C=O) groups is 1. The van der Waals surface area contributed by atoms with Gasteiger partial charge in [-0.25, -0.2) is 19.7 Å². The number of hydrogen-bond acceptors (Lipinski definition) is 10. The molecular weight excluding hydrogens is 446 g/mol. The third kappa shape index (κ3) is 4.80. The zero-order chi connectivity index (χ0) is 24.0. The third-order valence-electron chi connectivity index (χ3n) is 6.04. The minimum absolute atomic E-state index is 0.0226. The molecule has 0 spiro atoms. The summed E-state index contributed by atoms with van der Waals surface area (Å²) in [6.07, 6.45) is 3.82. The first kappa shape index (κ1) is 23.4. The Hall–Kier alpha value is -2.76. The van der Waals surface area contributed by atoms with Gasteiger partial charge in [0.1, 0.15) is 31.5 Å². The molecule has 4 heterocycles. The second-order valence-corrected chi connectivity index (χ2v) is 15.2. The number of oxazole rings is 3. The second kappa shape index (κ2) is 8.23. The summed E-state index contributed by atoms with van der Waals surface area (Å²) in [7, 11) is -1.93. The van der Waals surface area contributed by atoms with Crippen molar-refractivity contribution in [1.29, 1.82) is 0 Å². The average Bonchev–Trinajstić information content (AvgIpc) is 3.49. The normalized spacial score (nSPS) is 18.6. The highest BCUT2D eigenvalue weighted by molar-refractivity contribution is 6.90. The highest BCUT2D eigenvalue weighted by Crippen LogP contribution is 2.35. The molecule has 1 unspecified atom stereocenters. The second-order valence-electron chi connectivity index (χ2n) is 10.0. The van der Waals surface area contributed by atoms with Crippen LogP contribution in [0.1, 0.15) is 45.1 Å². The Labute approximate surface area is 192 Å². The van der Waals surface area contributed by atoms with Gasteiger partial charge in [-0.3, -0.25) is 0 Å². The van der Waals surface area contributed by atoms with Gasteiger partial charge in [-0.1, -0.05) is 33.9 Å². The Balaban J connectivity index is 1.42. The van der Waals surface area contributed by atoms with Crippen LogP contribution in [-0.2, 0) is 14.2 Å². The van der Waals surface area contributed by atoms with E-state index in [1.54, 1.807) is 20.1 Å². The van der Waals surface area contributed by atoms with Crippen molar-refractivity contribution in [2.75, 3.05) is 13.2 Å². The van der Waals surface area contributed by atoms with Crippen molar-refractivity contribution in [2.45, 2.75) is 64.6 Å². The van der Waals surface area contributed by atoms with Crippen LogP contribution in [0.15, 0.2) is 32.0 Å². The standard InChI is InChI=1S/C22H29N3O7Si/c1-21(2,3)33(6,7)20-25-15(11-30-20)18-23-14(10-27-18)17-24-16(12-28-17)19(26)29-8-13-9-31-22(4,5)32-13/h10-13H,8-9H2,1-7H3. The fraction of sp³-hybridized carbons (Fsp3) is 0.545. The molecule has 0 bridgehead atoms. The van der Waals surface area contributed by atoms with E-state index in [2.05, 4.69) is 48.8 Å². The van der Waals surface area contributed by atoms with Crippen LogP contribution in [0, 0.1) is 0 Å². The highest BCUT2D eigenvalue weighted by Gasteiger charge is 2.42. The lowest BCUT2D eigenvalue weighted by Crippen LogP contribution is -2.50. The first-order valence-electron chi connectivity index (χ1n) is 10.7. The smallest absolute Gasteiger partial charge is 0.360 e. The molecule has 0 saturated carbocycles. The molecule has 3 aromatic rings. The first-order valence-corrected chi connectivity index (χ1v) is 13.7. The van der Waals surface area contributed by atoms with Crippen molar-refractivity contribution in [1.82, 2.24) is 15.0 Å². The van der Waals surface area contributed by atoms with Gasteiger partial charge < -0.3 is 27.5 Å². The molecule has 0 N–H and O–H groups in total. The van der Waals surface area contributed by atoms with Crippen LogP contribution in [-0.4, -0.2) is 54.1 Å². The molecule has 11 heteroatoms. The molecular formula is C22H29N3O7Si. The molecule has 0 aliphatic carbocycles. The fourth-order valence-corrected chi connectivity index (χ4v) is 4.44. The minimum atomic E-state index is -1.93. The summed E-state index contributed by atoms with van der Waals surface area (Å²) in [5.74, 6) is -0.899. The Bertz CT molecular complexity index is 1140. The zero-order valence-electron chi connectivity index (χ0n) is 19.9. The largest absolute Gasteiger partial charge is 0.458 e. The number of aromatic nitrogens is 3. The summed E-state index contributed by atoms with van der Waals surface area (Å²) in [5, 5.41) is 0.0765. The lowest BCUT2D eigenvalue weighted by molar-refractivity contribution is -0.142. The predicted molar refractivity (Wildman–Crippen MR) is 120 cm³/mol. The van der Waals surface area contributed by atoms with Crippen molar-refractivity contribution >= 4 is 19.6 Å². The summed E-state index contributed by atoms with van der Waals surface area (Å²) < 4.78 is 33.1. The van der Waals surface area contributed by atoms with E-state index >= 15 is 0 Å². The highest BCUT2D eigenvalue weighted by atomic mass is 28.3. The Morgan fingerprint density at radius 2 is 1.70 bits per heavy atom. The van der Waals surface area contributed by atoms with Crippen LogP contribution >= 0.6 is 0 Å². The van der Waals surface area contributed by atoms with Gasteiger partial charge in [0.05, 0.1) is 6.61 Å². The first-order chi connectivity index (χ1) is 15.4. The van der Waals surface area contributed by atoms with E-state index in [0.717, 1.165) is 5.51 Å². The van der Waals surface area contributed by atoms with E-state index < -0.39 is 19.8 Å². The maximum absolute atomic E-state index is 12.3. The van der Waals surface area contributed by atoms with Crippen LogP contribution in [0.4, 0.5) is 0 Å². The molecule has 1 atom stereocenters. The zero-order valence-corrected chi connectivity index (χ0v) is 20.9. The van der Waals surface area contributed by atoms with Gasteiger partial charge in [-0.05, 0) is 18.9 Å². The molecule has 3 aromatic heterocycles. The summed E-state index contributed by atoms with van der Waals surface area (Å²) in [6, 6.07) is 0. The number of rotatable bonds is 6. The van der Waals surface area contributed by atoms with Crippen LogP contribution in [0.25, 0.3) is 23.2 Å². The lowest BCUT2D eigenvalue weighted by atomic mass is 10.2. The van der Waals surface area contributed by atoms with Crippen LogP contribution in [0.5, 0.6) is 0 Å². The number of esters is 1. The molecule has 0 amide bonds. The van der Waals surface area contributed by atoms with E-state index in [4.69, 9.17) is 27.5 Å². The summed E-state index contributed by atoms with van der Waals surface area (Å²) >= 11 is 0. The van der Waals surface area contributed by atoms with E-state index in [1.165, 1.54) is 12.5 Å². The van der Waals surface area contributed by atoms with E-state index in [0.29, 0.717) is 18.0 Å². The number of ether oxygens (including phenoxy) is 3. The molecule has 1 aliphatic heterocycles. The molecule has 0 radical (unpaired) electrons. The number of nitrogens with zero attached hydrogens (tertiary/aromatic N) is 3. The SMILES string of the molecule is CC1(C)OCC(COC(=O)c2coc(-c3coc(-c4coc([Si](C)(C)C(C)(C)C)n4)n3)n2)O1. The Kier molecular flexibility index (Phi) is 5.83. The van der Waals surface area contributed by atoms with Crippen LogP contribution < -0.4 is 5.51 Å². The van der Waals surface area contributed by atoms with Gasteiger partial charge in [0, 0.05) is 0 Å². The Morgan fingerprint density at radius 3 is 2.36 bits per heavy atom. The lowest BCUT2D eigenvalue weighted by Gasteiger charge is -2.33. The van der Waals surface area contributed by atoms with E-state index in [-0.39, 0.29) is 35.2 Å². The van der Waals surface area contributed by atoms with Crippen LogP contribution in [0.3, 0.4) is 0 Å². The molecule has 33 heavy (non-hydrogen) atoms. The fourth-order valence-electron chi connectivity index (χ4n) is 3.04. The predicted octanol–water partition coefficient (Wildman–Crippen LogP) is 4.01. The summed E-state index contributed by atoms with van der Waals surface area (Å²) in [6.45, 7) is 15.0. The maximum atomic E-state index is 12.3. The van der Waals surface area contributed by atoms with Crippen molar-refractivity contribution in [2.24, 2.45) is 0 Å². The molecule has 1 aliphatic rings. The van der Waals surface area contributed by atoms with Gasteiger partial charge in [0.2, 0.25) is 11.8 Å². The van der Waals surface area contributed by atoms with Gasteiger partial charge in [0.15, 0.2) is 36.5 Å². The molecule has 4 rings (SSSR count). The van der Waals surface area contributed by atoms with Crippen molar-refractivity contribution in [3.63, 3.8) is 0 Å². The monoisotopic (exact) mass is 475 g/mol. The third-order valence-corrected chi connectivity index (χ3v) is 11.1. The van der Waals surface area contributed by atoms with Gasteiger partial charge in [0.25, 0.3) is 0 Å². The van der Waals surface area contributed by atoms with Crippen molar-refractivity contribution in [3.8, 4) is 23.2 Å². The van der Waals surface area contributed by atoms with E-state index in [1.807, 2.05) is 0 Å². The number of hydrogen-bond donors (Lipinski definition) is 0. The van der Waals surface area contributed by atoms with E-state index in [9.17, 15) is 4.79 Å². The minimum Gasteiger partial charge on any atom is -0.458 e. The topological polar surface area (TPSA) is 123 Å². The average molecular weight is 476 g/mol. The quantitative estimate of drug-likeness (QED) is 0.381. The molecule has 1 saturated heterocycles. The van der Waals surface area contributed by atoms with Crippen molar-refractivity contribution in [3.05, 3.63) is 24.5 Å². The summed E-state index contributed by atoms with van der Waals surface area (Å²) in [5.41, 5.74) is 1.57. The van der Waals surface area contributed by atoms with Gasteiger partial charge >= 0.3 is 5.97 Å². The molecule has 178 valence electrons.